The second-order valence-electron chi connectivity index (χ2n) is 7.66. The highest BCUT2D eigenvalue weighted by molar-refractivity contribution is 7.71. The third-order valence-electron chi connectivity index (χ3n) is 4.19. The van der Waals surface area contributed by atoms with E-state index >= 15 is 0 Å². The van der Waals surface area contributed by atoms with E-state index in [9.17, 15) is 14.4 Å². The molecule has 0 aliphatic heterocycles. The van der Waals surface area contributed by atoms with Crippen LogP contribution in [0.15, 0.2) is 23.0 Å². The van der Waals surface area contributed by atoms with Crippen molar-refractivity contribution in [2.24, 2.45) is 0 Å². The van der Waals surface area contributed by atoms with Crippen molar-refractivity contribution in [1.82, 2.24) is 14.5 Å². The smallest absolute Gasteiger partial charge is 0.306 e. The van der Waals surface area contributed by atoms with Gasteiger partial charge in [0.15, 0.2) is 4.77 Å². The number of nitrogens with one attached hydrogen (secondary N) is 1. The van der Waals surface area contributed by atoms with Crippen LogP contribution in [0.2, 0.25) is 0 Å². The molecule has 1 N–H and O–H groups in total. The fraction of sp³-hybridized carbons (Fsp3) is 0.500. The number of hydrogen-bond acceptors (Lipinski definition) is 5. The van der Waals surface area contributed by atoms with Crippen LogP contribution < -0.4 is 5.56 Å². The standard InChI is InChI=1S/C20H27N3O4S/c1-6-23-18(26)14-10-9-13(12-15(14)21-19(23)28)17(25)22(5)11-7-8-16(24)27-20(2,3)4/h9-10,12H,6-8,11H2,1-5H3,(H,21,28). The first-order valence-electron chi connectivity index (χ1n) is 9.27. The Hall–Kier alpha value is -2.48. The van der Waals surface area contributed by atoms with Crippen molar-refractivity contribution in [3.05, 3.63) is 38.9 Å². The molecule has 0 saturated carbocycles. The number of benzene rings is 1. The normalized spacial score (nSPS) is 11.5. The maximum absolute atomic E-state index is 12.7. The molecule has 8 heteroatoms. The van der Waals surface area contributed by atoms with E-state index in [0.717, 1.165) is 0 Å². The zero-order valence-corrected chi connectivity index (χ0v) is 17.8. The molecule has 1 aromatic carbocycles. The van der Waals surface area contributed by atoms with Gasteiger partial charge in [0.25, 0.3) is 11.5 Å². The van der Waals surface area contributed by atoms with E-state index in [-0.39, 0.29) is 23.9 Å². The minimum absolute atomic E-state index is 0.175. The summed E-state index contributed by atoms with van der Waals surface area (Å²) in [7, 11) is 1.68. The van der Waals surface area contributed by atoms with Crippen LogP contribution in [0.4, 0.5) is 0 Å². The summed E-state index contributed by atoms with van der Waals surface area (Å²) in [5.41, 5.74) is 0.297. The Kier molecular flexibility index (Phi) is 6.77. The monoisotopic (exact) mass is 405 g/mol. The van der Waals surface area contributed by atoms with Gasteiger partial charge in [-0.25, -0.2) is 0 Å². The highest BCUT2D eigenvalue weighted by Gasteiger charge is 2.17. The van der Waals surface area contributed by atoms with Crippen LogP contribution in [-0.4, -0.2) is 45.5 Å². The van der Waals surface area contributed by atoms with Crippen LogP contribution in [0.5, 0.6) is 0 Å². The van der Waals surface area contributed by atoms with Crippen molar-refractivity contribution in [3.8, 4) is 0 Å². The van der Waals surface area contributed by atoms with Crippen LogP contribution in [-0.2, 0) is 16.1 Å². The summed E-state index contributed by atoms with van der Waals surface area (Å²) in [4.78, 5) is 41.4. The summed E-state index contributed by atoms with van der Waals surface area (Å²) >= 11 is 5.21. The Morgan fingerprint density at radius 1 is 1.29 bits per heavy atom. The minimum Gasteiger partial charge on any atom is -0.460 e. The average Bonchev–Trinajstić information content (AvgIpc) is 2.59. The molecule has 0 aliphatic carbocycles. The first kappa shape index (κ1) is 21.8. The lowest BCUT2D eigenvalue weighted by atomic mass is 10.1. The maximum Gasteiger partial charge on any atom is 0.306 e. The van der Waals surface area contributed by atoms with Crippen LogP contribution >= 0.6 is 12.2 Å². The molecule has 28 heavy (non-hydrogen) atoms. The van der Waals surface area contributed by atoms with Crippen LogP contribution in [0, 0.1) is 4.77 Å². The molecule has 1 amide bonds. The third kappa shape index (κ3) is 5.28. The van der Waals surface area contributed by atoms with Gasteiger partial charge in [-0.15, -0.1) is 0 Å². The van der Waals surface area contributed by atoms with E-state index < -0.39 is 5.60 Å². The number of hydrogen-bond donors (Lipinski definition) is 1. The molecule has 1 aromatic heterocycles. The van der Waals surface area contributed by atoms with Crippen LogP contribution in [0.3, 0.4) is 0 Å². The van der Waals surface area contributed by atoms with Gasteiger partial charge in [-0.2, -0.15) is 0 Å². The number of carbonyl (C=O) groups is 2. The topological polar surface area (TPSA) is 84.4 Å². The van der Waals surface area contributed by atoms with Crippen molar-refractivity contribution >= 4 is 35.0 Å². The number of fused-ring (bicyclic) bond motifs is 1. The van der Waals surface area contributed by atoms with E-state index in [1.165, 1.54) is 4.57 Å². The molecule has 1 heterocycles. The molecule has 0 radical (unpaired) electrons. The first-order chi connectivity index (χ1) is 13.0. The first-order valence-corrected chi connectivity index (χ1v) is 9.68. The average molecular weight is 406 g/mol. The maximum atomic E-state index is 12.7. The molecule has 2 aromatic rings. The Morgan fingerprint density at radius 3 is 2.57 bits per heavy atom. The molecule has 152 valence electrons. The largest absolute Gasteiger partial charge is 0.460 e. The number of carbonyl (C=O) groups excluding carboxylic acids is 2. The second-order valence-corrected chi connectivity index (χ2v) is 8.04. The third-order valence-corrected chi connectivity index (χ3v) is 4.51. The number of amides is 1. The highest BCUT2D eigenvalue weighted by Crippen LogP contribution is 2.14. The summed E-state index contributed by atoms with van der Waals surface area (Å²) in [6, 6.07) is 4.91. The van der Waals surface area contributed by atoms with Gasteiger partial charge >= 0.3 is 5.97 Å². The number of ether oxygens (including phenoxy) is 1. The van der Waals surface area contributed by atoms with Gasteiger partial charge in [0.2, 0.25) is 0 Å². The van der Waals surface area contributed by atoms with E-state index in [4.69, 9.17) is 17.0 Å². The van der Waals surface area contributed by atoms with Gasteiger partial charge in [0, 0.05) is 32.1 Å². The number of aromatic amines is 1. The quantitative estimate of drug-likeness (QED) is 0.589. The lowest BCUT2D eigenvalue weighted by Gasteiger charge is -2.20. The molecular formula is C20H27N3O4S. The van der Waals surface area contributed by atoms with Gasteiger partial charge in [0.1, 0.15) is 5.60 Å². The molecule has 0 bridgehead atoms. The second kappa shape index (κ2) is 8.68. The van der Waals surface area contributed by atoms with Gasteiger partial charge < -0.3 is 14.6 Å². The van der Waals surface area contributed by atoms with E-state index in [2.05, 4.69) is 4.98 Å². The van der Waals surface area contributed by atoms with Gasteiger partial charge in [0.05, 0.1) is 10.9 Å². The zero-order chi connectivity index (χ0) is 21.1. The highest BCUT2D eigenvalue weighted by atomic mass is 32.1. The summed E-state index contributed by atoms with van der Waals surface area (Å²) in [5, 5.41) is 0.486. The van der Waals surface area contributed by atoms with Gasteiger partial charge in [-0.1, -0.05) is 0 Å². The number of rotatable bonds is 6. The van der Waals surface area contributed by atoms with Crippen molar-refractivity contribution in [2.75, 3.05) is 13.6 Å². The van der Waals surface area contributed by atoms with E-state index in [1.807, 2.05) is 27.7 Å². The zero-order valence-electron chi connectivity index (χ0n) is 17.0. The number of H-pyrrole nitrogens is 1. The summed E-state index contributed by atoms with van der Waals surface area (Å²) in [5.74, 6) is -0.469. The molecule has 0 aliphatic rings. The van der Waals surface area contributed by atoms with Gasteiger partial charge in [-0.3, -0.25) is 19.0 Å². The lowest BCUT2D eigenvalue weighted by Crippen LogP contribution is -2.29. The van der Waals surface area contributed by atoms with Crippen molar-refractivity contribution < 1.29 is 14.3 Å². The van der Waals surface area contributed by atoms with Crippen molar-refractivity contribution in [1.29, 1.82) is 0 Å². The molecule has 0 unspecified atom stereocenters. The van der Waals surface area contributed by atoms with E-state index in [1.54, 1.807) is 30.1 Å². The van der Waals surface area contributed by atoms with Crippen molar-refractivity contribution in [3.63, 3.8) is 0 Å². The number of aromatic nitrogens is 2. The van der Waals surface area contributed by atoms with Gasteiger partial charge in [-0.05, 0) is 64.5 Å². The van der Waals surface area contributed by atoms with Crippen LogP contribution in [0.1, 0.15) is 50.9 Å². The predicted octanol–water partition coefficient (Wildman–Crippen LogP) is 3.27. The Morgan fingerprint density at radius 2 is 1.96 bits per heavy atom. The van der Waals surface area contributed by atoms with Crippen molar-refractivity contribution in [2.45, 2.75) is 52.7 Å². The van der Waals surface area contributed by atoms with E-state index in [0.29, 0.717) is 40.7 Å². The lowest BCUT2D eigenvalue weighted by molar-refractivity contribution is -0.154. The molecular weight excluding hydrogens is 378 g/mol. The summed E-state index contributed by atoms with van der Waals surface area (Å²) in [6.07, 6.45) is 0.755. The molecule has 0 spiro atoms. The number of nitrogens with zero attached hydrogens (tertiary/aromatic N) is 2. The molecule has 0 fully saturated rings. The molecule has 2 rings (SSSR count). The van der Waals surface area contributed by atoms with Crippen LogP contribution in [0.25, 0.3) is 10.9 Å². The fourth-order valence-electron chi connectivity index (χ4n) is 2.85. The molecule has 0 atom stereocenters. The Labute approximate surface area is 169 Å². The fourth-order valence-corrected chi connectivity index (χ4v) is 3.17. The SMILES string of the molecule is CCn1c(=S)[nH]c2cc(C(=O)N(C)CCCC(=O)OC(C)(C)C)ccc2c1=O. The summed E-state index contributed by atoms with van der Waals surface area (Å²) in [6.45, 7) is 8.21. The predicted molar refractivity (Wildman–Crippen MR) is 111 cm³/mol. The number of esters is 1. The Balaban J connectivity index is 2.09. The molecule has 0 saturated heterocycles. The Bertz CT molecular complexity index is 1000. The minimum atomic E-state index is -0.514. The summed E-state index contributed by atoms with van der Waals surface area (Å²) < 4.78 is 7.07. The molecule has 7 nitrogen and oxygen atoms in total.